The molecule has 0 aromatic heterocycles. The summed E-state index contributed by atoms with van der Waals surface area (Å²) in [5, 5.41) is 0. The van der Waals surface area contributed by atoms with Gasteiger partial charge in [0.25, 0.3) is 10.0 Å². The summed E-state index contributed by atoms with van der Waals surface area (Å²) >= 11 is 0. The lowest BCUT2D eigenvalue weighted by atomic mass is 9.79. The molecule has 65 heavy (non-hydrogen) atoms. The van der Waals surface area contributed by atoms with Crippen molar-refractivity contribution in [2.24, 2.45) is 0 Å². The zero-order valence-electron chi connectivity index (χ0n) is 35.1. The third-order valence-electron chi connectivity index (χ3n) is 10.8. The van der Waals surface area contributed by atoms with Crippen LogP contribution in [0.3, 0.4) is 0 Å². The number of carbonyl (C=O) groups excluding carboxylic acids is 1. The molecule has 14 nitrogen and oxygen atoms in total. The smallest absolute Gasteiger partial charge is 0.339 e. The first-order valence-electron chi connectivity index (χ1n) is 20.0. The van der Waals surface area contributed by atoms with Gasteiger partial charge in [-0.1, -0.05) is 122 Å². The van der Waals surface area contributed by atoms with E-state index in [2.05, 4.69) is 6.58 Å². The molecule has 1 aliphatic heterocycles. The molecule has 0 amide bonds. The number of methoxy groups -OCH3 is 1. The van der Waals surface area contributed by atoms with Crippen LogP contribution in [-0.2, 0) is 61.7 Å². The maximum atomic E-state index is 14.8. The van der Waals surface area contributed by atoms with Crippen LogP contribution in [0.5, 0.6) is 11.5 Å². The molecule has 1 unspecified atom stereocenters. The zero-order chi connectivity index (χ0) is 46.6. The maximum absolute atomic E-state index is 14.8. The van der Waals surface area contributed by atoms with Gasteiger partial charge in [0, 0.05) is 30.5 Å². The predicted octanol–water partition coefficient (Wildman–Crippen LogP) is 7.11. The second kappa shape index (κ2) is 18.7. The second-order valence-electron chi connectivity index (χ2n) is 15.4. The summed E-state index contributed by atoms with van der Waals surface area (Å²) in [5.41, 5.74) is 0.316. The molecule has 0 aliphatic carbocycles. The zero-order valence-corrected chi connectivity index (χ0v) is 38.4. The summed E-state index contributed by atoms with van der Waals surface area (Å²) in [6.07, 6.45) is -0.582. The molecule has 6 aromatic carbocycles. The van der Waals surface area contributed by atoms with Crippen molar-refractivity contribution in [1.29, 1.82) is 0 Å². The second-order valence-corrected chi connectivity index (χ2v) is 22.2. The fraction of sp³-hybridized carbons (Fsp3) is 0.170. The summed E-state index contributed by atoms with van der Waals surface area (Å²) in [7, 11) is -16.9. The van der Waals surface area contributed by atoms with Crippen LogP contribution in [0.25, 0.3) is 0 Å². The summed E-state index contributed by atoms with van der Waals surface area (Å²) in [4.78, 5) is 13.4. The van der Waals surface area contributed by atoms with E-state index in [1.165, 1.54) is 101 Å². The fourth-order valence-corrected chi connectivity index (χ4v) is 12.9. The Hall–Kier alpha value is -6.31. The number of fused-ring (bicyclic) bond motifs is 1. The third-order valence-corrected chi connectivity index (χ3v) is 16.9. The molecule has 338 valence electrons. The number of benzene rings is 6. The van der Waals surface area contributed by atoms with E-state index in [0.29, 0.717) is 11.3 Å². The van der Waals surface area contributed by atoms with E-state index in [-0.39, 0.29) is 43.7 Å². The average Bonchev–Trinajstić information content (AvgIpc) is 3.61. The lowest BCUT2D eigenvalue weighted by Gasteiger charge is -2.33. The molecule has 7 rings (SSSR count). The van der Waals surface area contributed by atoms with E-state index >= 15 is 0 Å². The summed E-state index contributed by atoms with van der Waals surface area (Å²) < 4.78 is 131. The molecule has 0 bridgehead atoms. The molecule has 18 heteroatoms. The molecule has 0 saturated carbocycles. The average molecular weight is 957 g/mol. The van der Waals surface area contributed by atoms with Crippen molar-refractivity contribution >= 4 is 51.9 Å². The molecule has 2 atom stereocenters. The summed E-state index contributed by atoms with van der Waals surface area (Å²) in [6, 6.07) is 38.4. The Morgan fingerprint density at radius 3 is 1.69 bits per heavy atom. The van der Waals surface area contributed by atoms with Crippen molar-refractivity contribution < 1.29 is 51.6 Å². The number of sulfonamides is 2. The maximum Gasteiger partial charge on any atom is 0.339 e. The molecule has 1 aliphatic rings. The van der Waals surface area contributed by atoms with Gasteiger partial charge in [-0.25, -0.2) is 16.8 Å². The number of rotatable bonds is 18. The first-order chi connectivity index (χ1) is 30.9. The number of carbonyl (C=O) groups is 1. The number of hydrogen-bond acceptors (Lipinski definition) is 12. The van der Waals surface area contributed by atoms with Gasteiger partial charge in [-0.15, -0.1) is 0 Å². The summed E-state index contributed by atoms with van der Waals surface area (Å²) in [5.74, 6) is -2.26. The Bertz CT molecular complexity index is 3160. The SMILES string of the molecule is C=C(CN([C@@H](Cc1cccc(OS(=O)(=O)c2ccccc2)c1OS(=O)(=O)c1ccccc1)C(=O)OC)S(=O)(=O)c1ccccc1)CC1(C)CN(S(=O)(=O)c2ccccc2)c2ccccc21. The standard InChI is InChI=1S/C47H44N2O12S4/c1-35(32-47(2)34-49(42-29-17-16-28-41(42)47)63(53,54)38-22-10-5-11-23-38)33-48(62(51,52)37-20-8-4-9-21-37)43(46(50)59-3)31-36-19-18-30-44(60-64(55,56)39-24-12-6-13-25-39)45(36)61-65(57,58)40-26-14-7-15-27-40/h4-30,43H,1,31-34H2,2-3H3/t43-,47?/m0/s1. The van der Waals surface area contributed by atoms with Crippen molar-refractivity contribution in [2.75, 3.05) is 24.5 Å². The number of esters is 1. The molecule has 0 fully saturated rings. The van der Waals surface area contributed by atoms with Crippen LogP contribution in [0.15, 0.2) is 196 Å². The minimum absolute atomic E-state index is 0.0241. The minimum atomic E-state index is -4.71. The van der Waals surface area contributed by atoms with Crippen LogP contribution < -0.4 is 12.7 Å². The molecule has 0 saturated heterocycles. The van der Waals surface area contributed by atoms with Crippen LogP contribution in [0.2, 0.25) is 0 Å². The quantitative estimate of drug-likeness (QED) is 0.0484. The topological polar surface area (TPSA) is 188 Å². The van der Waals surface area contributed by atoms with Gasteiger partial charge in [0.15, 0.2) is 11.5 Å². The van der Waals surface area contributed by atoms with E-state index in [4.69, 9.17) is 13.1 Å². The van der Waals surface area contributed by atoms with E-state index < -0.39 is 82.2 Å². The largest absolute Gasteiger partial charge is 0.468 e. The fourth-order valence-electron chi connectivity index (χ4n) is 7.72. The van der Waals surface area contributed by atoms with Crippen molar-refractivity contribution in [3.63, 3.8) is 0 Å². The first-order valence-corrected chi connectivity index (χ1v) is 25.7. The normalized spacial score (nSPS) is 15.8. The monoisotopic (exact) mass is 956 g/mol. The first kappa shape index (κ1) is 46.7. The van der Waals surface area contributed by atoms with Crippen molar-refractivity contribution in [3.05, 3.63) is 187 Å². The van der Waals surface area contributed by atoms with E-state index in [0.717, 1.165) is 17.5 Å². The lowest BCUT2D eigenvalue weighted by molar-refractivity contribution is -0.145. The number of hydrogen-bond donors (Lipinski definition) is 0. The van der Waals surface area contributed by atoms with Gasteiger partial charge in [0.1, 0.15) is 15.8 Å². The van der Waals surface area contributed by atoms with Gasteiger partial charge in [0.05, 0.1) is 22.6 Å². The number of ether oxygens (including phenoxy) is 1. The van der Waals surface area contributed by atoms with Gasteiger partial charge in [-0.2, -0.15) is 21.1 Å². The van der Waals surface area contributed by atoms with Crippen molar-refractivity contribution in [3.8, 4) is 11.5 Å². The molecular weight excluding hydrogens is 913 g/mol. The van der Waals surface area contributed by atoms with Gasteiger partial charge >= 0.3 is 26.2 Å². The Balaban J connectivity index is 1.30. The molecule has 0 spiro atoms. The van der Waals surface area contributed by atoms with Crippen molar-refractivity contribution in [2.45, 2.75) is 50.8 Å². The highest BCUT2D eigenvalue weighted by Crippen LogP contribution is 2.47. The molecule has 0 N–H and O–H groups in total. The Morgan fingerprint density at radius 1 is 0.646 bits per heavy atom. The molecular formula is C47H44N2O12S4. The Labute approximate surface area is 379 Å². The molecule has 1 heterocycles. The number of para-hydroxylation sites is 2. The van der Waals surface area contributed by atoms with Crippen LogP contribution in [0.1, 0.15) is 24.5 Å². The molecule has 6 aromatic rings. The van der Waals surface area contributed by atoms with Crippen LogP contribution in [0.4, 0.5) is 5.69 Å². The lowest BCUT2D eigenvalue weighted by Crippen LogP contribution is -2.48. The Kier molecular flexibility index (Phi) is 13.4. The van der Waals surface area contributed by atoms with Gasteiger partial charge < -0.3 is 13.1 Å². The van der Waals surface area contributed by atoms with E-state index in [9.17, 15) is 38.5 Å². The number of anilines is 1. The van der Waals surface area contributed by atoms with E-state index in [1.54, 1.807) is 60.7 Å². The predicted molar refractivity (Wildman–Crippen MR) is 243 cm³/mol. The van der Waals surface area contributed by atoms with Crippen LogP contribution in [0, 0.1) is 0 Å². The highest BCUT2D eigenvalue weighted by Gasteiger charge is 2.45. The van der Waals surface area contributed by atoms with Gasteiger partial charge in [0.2, 0.25) is 10.0 Å². The molecule has 0 radical (unpaired) electrons. The Morgan fingerprint density at radius 2 is 1.14 bits per heavy atom. The minimum Gasteiger partial charge on any atom is -0.468 e. The van der Waals surface area contributed by atoms with Gasteiger partial charge in [-0.3, -0.25) is 9.10 Å². The van der Waals surface area contributed by atoms with Crippen LogP contribution in [-0.4, -0.2) is 70.2 Å². The van der Waals surface area contributed by atoms with Gasteiger partial charge in [-0.05, 0) is 72.6 Å². The van der Waals surface area contributed by atoms with E-state index in [1.807, 2.05) is 6.92 Å². The highest BCUT2D eigenvalue weighted by atomic mass is 32.2. The van der Waals surface area contributed by atoms with Crippen molar-refractivity contribution in [1.82, 2.24) is 4.31 Å². The highest BCUT2D eigenvalue weighted by molar-refractivity contribution is 7.93. The third kappa shape index (κ3) is 9.86. The summed E-state index contributed by atoms with van der Waals surface area (Å²) in [6.45, 7) is 5.59. The number of nitrogens with zero attached hydrogens (tertiary/aromatic N) is 2. The van der Waals surface area contributed by atoms with Crippen LogP contribution >= 0.6 is 0 Å².